The number of rotatable bonds is 14. The fraction of sp³-hybridized carbons (Fsp3) is 0.538. The second-order valence-electron chi connectivity index (χ2n) is 8.60. The minimum Gasteiger partial charge on any atom is -0.272 e. The summed E-state index contributed by atoms with van der Waals surface area (Å²) in [5.41, 5.74) is 10.0. The standard InChI is InChI=1S/C26H42N4O2S/c1-19(2)11-9-13-21(5)15-17-27-29-25(31)23(7)33-24(8)26(32)30-28-18-16-22(6)14-10-12-20(3)4/h11-12,15-18,23-24H,9-10,13-14H2,1-8H3,(H,29,31)(H,30,32). The molecule has 7 heteroatoms. The summed E-state index contributed by atoms with van der Waals surface area (Å²) >= 11 is 1.26. The Kier molecular flexibility index (Phi) is 16.7. The Balaban J connectivity index is 4.37. The van der Waals surface area contributed by atoms with E-state index in [1.54, 1.807) is 26.3 Å². The molecule has 0 rings (SSSR count). The molecule has 33 heavy (non-hydrogen) atoms. The van der Waals surface area contributed by atoms with Gasteiger partial charge in [0, 0.05) is 12.4 Å². The van der Waals surface area contributed by atoms with E-state index in [1.165, 1.54) is 34.1 Å². The van der Waals surface area contributed by atoms with Crippen LogP contribution < -0.4 is 10.9 Å². The third-order valence-electron chi connectivity index (χ3n) is 4.55. The van der Waals surface area contributed by atoms with E-state index in [2.05, 4.69) is 60.9 Å². The molecule has 0 fully saturated rings. The molecule has 0 aromatic heterocycles. The maximum absolute atomic E-state index is 12.2. The second kappa shape index (κ2) is 18.1. The highest BCUT2D eigenvalue weighted by Crippen LogP contribution is 2.17. The molecule has 6 nitrogen and oxygen atoms in total. The number of hydrogen-bond acceptors (Lipinski definition) is 5. The zero-order chi connectivity index (χ0) is 25.2. The van der Waals surface area contributed by atoms with Crippen molar-refractivity contribution in [2.24, 2.45) is 10.2 Å². The molecule has 0 saturated carbocycles. The summed E-state index contributed by atoms with van der Waals surface area (Å²) in [4.78, 5) is 24.4. The number of hydrazone groups is 2. The average Bonchev–Trinajstić information content (AvgIpc) is 2.73. The predicted molar refractivity (Wildman–Crippen MR) is 145 cm³/mol. The van der Waals surface area contributed by atoms with Gasteiger partial charge in [-0.15, -0.1) is 11.8 Å². The number of amides is 2. The summed E-state index contributed by atoms with van der Waals surface area (Å²) < 4.78 is 0. The van der Waals surface area contributed by atoms with Gasteiger partial charge in [0.2, 0.25) is 0 Å². The fourth-order valence-corrected chi connectivity index (χ4v) is 3.45. The van der Waals surface area contributed by atoms with Gasteiger partial charge >= 0.3 is 0 Å². The van der Waals surface area contributed by atoms with Gasteiger partial charge in [-0.25, -0.2) is 10.9 Å². The van der Waals surface area contributed by atoms with Crippen LogP contribution in [-0.2, 0) is 9.59 Å². The van der Waals surface area contributed by atoms with Gasteiger partial charge < -0.3 is 0 Å². The lowest BCUT2D eigenvalue weighted by Crippen LogP contribution is -2.33. The Morgan fingerprint density at radius 2 is 1.09 bits per heavy atom. The summed E-state index contributed by atoms with van der Waals surface area (Å²) in [5, 5.41) is 7.10. The van der Waals surface area contributed by atoms with Crippen molar-refractivity contribution in [1.82, 2.24) is 10.9 Å². The number of carbonyl (C=O) groups excluding carboxylic acids is 2. The van der Waals surface area contributed by atoms with Crippen molar-refractivity contribution in [3.8, 4) is 0 Å². The van der Waals surface area contributed by atoms with Gasteiger partial charge in [-0.05, 0) is 93.2 Å². The first-order chi connectivity index (χ1) is 15.5. The van der Waals surface area contributed by atoms with Crippen molar-refractivity contribution in [3.05, 3.63) is 46.6 Å². The SMILES string of the molecule is CC(C)=CCCC(C)=CC=NNC(=O)C(C)SC(C)C(=O)NN=CC=C(C)CCC=C(C)C. The van der Waals surface area contributed by atoms with Crippen molar-refractivity contribution in [2.45, 2.75) is 91.6 Å². The average molecular weight is 475 g/mol. The lowest BCUT2D eigenvalue weighted by Gasteiger charge is -2.14. The maximum atomic E-state index is 12.2. The Bertz CT molecular complexity index is 733. The summed E-state index contributed by atoms with van der Waals surface area (Å²) in [7, 11) is 0. The minimum absolute atomic E-state index is 0.245. The van der Waals surface area contributed by atoms with Crippen molar-refractivity contribution < 1.29 is 9.59 Å². The van der Waals surface area contributed by atoms with Gasteiger partial charge in [-0.1, -0.05) is 34.4 Å². The van der Waals surface area contributed by atoms with Gasteiger partial charge in [0.05, 0.1) is 10.5 Å². The first-order valence-corrected chi connectivity index (χ1v) is 12.4. The van der Waals surface area contributed by atoms with Crippen LogP contribution in [-0.4, -0.2) is 34.7 Å². The molecule has 0 spiro atoms. The molecule has 184 valence electrons. The van der Waals surface area contributed by atoms with Crippen LogP contribution in [0.2, 0.25) is 0 Å². The number of thioether (sulfide) groups is 1. The molecular weight excluding hydrogens is 432 g/mol. The molecule has 0 radical (unpaired) electrons. The van der Waals surface area contributed by atoms with E-state index >= 15 is 0 Å². The zero-order valence-corrected chi connectivity index (χ0v) is 22.4. The topological polar surface area (TPSA) is 82.9 Å². The van der Waals surface area contributed by atoms with Crippen LogP contribution in [0.15, 0.2) is 56.8 Å². The lowest BCUT2D eigenvalue weighted by atomic mass is 10.1. The predicted octanol–water partition coefficient (Wildman–Crippen LogP) is 6.09. The molecule has 2 atom stereocenters. The number of carbonyl (C=O) groups is 2. The highest BCUT2D eigenvalue weighted by Gasteiger charge is 2.21. The first kappa shape index (κ1) is 30.6. The number of nitrogens with zero attached hydrogens (tertiary/aromatic N) is 2. The normalized spacial score (nSPS) is 14.2. The van der Waals surface area contributed by atoms with E-state index in [9.17, 15) is 9.59 Å². The van der Waals surface area contributed by atoms with Crippen LogP contribution in [0, 0.1) is 0 Å². The molecule has 2 amide bonds. The Morgan fingerprint density at radius 1 is 0.727 bits per heavy atom. The monoisotopic (exact) mass is 474 g/mol. The highest BCUT2D eigenvalue weighted by molar-refractivity contribution is 8.01. The number of allylic oxidation sites excluding steroid dienone is 8. The van der Waals surface area contributed by atoms with E-state index in [0.717, 1.165) is 25.7 Å². The molecule has 2 N–H and O–H groups in total. The molecular formula is C26H42N4O2S. The van der Waals surface area contributed by atoms with Crippen molar-refractivity contribution >= 4 is 36.0 Å². The van der Waals surface area contributed by atoms with Crippen molar-refractivity contribution in [1.29, 1.82) is 0 Å². The lowest BCUT2D eigenvalue weighted by molar-refractivity contribution is -0.120. The van der Waals surface area contributed by atoms with Gasteiger partial charge in [-0.2, -0.15) is 10.2 Å². The van der Waals surface area contributed by atoms with Crippen LogP contribution in [0.25, 0.3) is 0 Å². The van der Waals surface area contributed by atoms with Gasteiger partial charge in [0.1, 0.15) is 0 Å². The van der Waals surface area contributed by atoms with Gasteiger partial charge in [0.15, 0.2) is 0 Å². The van der Waals surface area contributed by atoms with Crippen LogP contribution in [0.3, 0.4) is 0 Å². The van der Waals surface area contributed by atoms with Crippen LogP contribution in [0.4, 0.5) is 0 Å². The van der Waals surface area contributed by atoms with Gasteiger partial charge in [-0.3, -0.25) is 9.59 Å². The van der Waals surface area contributed by atoms with Crippen molar-refractivity contribution in [2.75, 3.05) is 0 Å². The molecule has 0 aromatic rings. The number of hydrogen-bond donors (Lipinski definition) is 2. The molecule has 0 aliphatic carbocycles. The van der Waals surface area contributed by atoms with E-state index < -0.39 is 10.5 Å². The van der Waals surface area contributed by atoms with Crippen LogP contribution in [0.5, 0.6) is 0 Å². The first-order valence-electron chi connectivity index (χ1n) is 11.4. The Morgan fingerprint density at radius 3 is 1.42 bits per heavy atom. The second-order valence-corrected chi connectivity index (χ2v) is 10.3. The molecule has 0 aliphatic rings. The third-order valence-corrected chi connectivity index (χ3v) is 5.79. The van der Waals surface area contributed by atoms with E-state index in [1.807, 2.05) is 26.0 Å². The Labute approximate surface area is 204 Å². The summed E-state index contributed by atoms with van der Waals surface area (Å²) in [6.45, 7) is 15.9. The molecule has 0 heterocycles. The smallest absolute Gasteiger partial charge is 0.252 e. The fourth-order valence-electron chi connectivity index (χ4n) is 2.49. The maximum Gasteiger partial charge on any atom is 0.252 e. The molecule has 2 unspecified atom stereocenters. The molecule has 0 saturated heterocycles. The third kappa shape index (κ3) is 17.8. The van der Waals surface area contributed by atoms with E-state index in [0.29, 0.717) is 0 Å². The van der Waals surface area contributed by atoms with Crippen LogP contribution in [0.1, 0.15) is 81.1 Å². The van der Waals surface area contributed by atoms with Crippen LogP contribution >= 0.6 is 11.8 Å². The largest absolute Gasteiger partial charge is 0.272 e. The summed E-state index contributed by atoms with van der Waals surface area (Å²) in [6.07, 6.45) is 15.3. The van der Waals surface area contributed by atoms with E-state index in [-0.39, 0.29) is 11.8 Å². The molecule has 0 aliphatic heterocycles. The van der Waals surface area contributed by atoms with E-state index in [4.69, 9.17) is 0 Å². The highest BCUT2D eigenvalue weighted by atomic mass is 32.2. The summed E-state index contributed by atoms with van der Waals surface area (Å²) in [5.74, 6) is -0.491. The van der Waals surface area contributed by atoms with Crippen molar-refractivity contribution in [3.63, 3.8) is 0 Å². The zero-order valence-electron chi connectivity index (χ0n) is 21.6. The summed E-state index contributed by atoms with van der Waals surface area (Å²) in [6, 6.07) is 0. The van der Waals surface area contributed by atoms with Gasteiger partial charge in [0.25, 0.3) is 11.8 Å². The quantitative estimate of drug-likeness (QED) is 0.182. The Hall–Kier alpha value is -2.41. The number of nitrogens with one attached hydrogen (secondary N) is 2. The molecule has 0 bridgehead atoms. The minimum atomic E-state index is -0.424. The molecule has 0 aromatic carbocycles.